The summed E-state index contributed by atoms with van der Waals surface area (Å²) >= 11 is 6.44. The molecular weight excluding hydrogens is 270 g/mol. The van der Waals surface area contributed by atoms with Crippen LogP contribution in [0.1, 0.15) is 57.1 Å². The Morgan fingerprint density at radius 3 is 2.60 bits per heavy atom. The number of hydrogen-bond acceptors (Lipinski definition) is 2. The molecule has 1 atom stereocenters. The van der Waals surface area contributed by atoms with Gasteiger partial charge in [-0.1, -0.05) is 38.4 Å². The summed E-state index contributed by atoms with van der Waals surface area (Å²) in [6, 6.07) is 4.43. The van der Waals surface area contributed by atoms with Gasteiger partial charge in [0.05, 0.1) is 11.6 Å². The third-order valence-corrected chi connectivity index (χ3v) is 4.22. The highest BCUT2D eigenvalue weighted by Crippen LogP contribution is 2.37. The van der Waals surface area contributed by atoms with Crippen LogP contribution in [-0.4, -0.2) is 12.6 Å². The first kappa shape index (κ1) is 15.7. The minimum Gasteiger partial charge on any atom is -0.491 e. The van der Waals surface area contributed by atoms with Crippen LogP contribution in [-0.2, 0) is 6.42 Å². The Morgan fingerprint density at radius 2 is 2.05 bits per heavy atom. The summed E-state index contributed by atoms with van der Waals surface area (Å²) in [5.41, 5.74) is 8.47. The highest BCUT2D eigenvalue weighted by molar-refractivity contribution is 6.32. The molecule has 112 valence electrons. The number of rotatable bonds is 7. The zero-order valence-corrected chi connectivity index (χ0v) is 13.5. The van der Waals surface area contributed by atoms with Crippen LogP contribution in [0.5, 0.6) is 5.75 Å². The topological polar surface area (TPSA) is 35.2 Å². The van der Waals surface area contributed by atoms with Crippen LogP contribution in [0.4, 0.5) is 0 Å². The fraction of sp³-hybridized carbons (Fsp3) is 0.647. The van der Waals surface area contributed by atoms with Gasteiger partial charge in [-0.15, -0.1) is 0 Å². The normalized spacial score (nSPS) is 16.5. The van der Waals surface area contributed by atoms with E-state index >= 15 is 0 Å². The van der Waals surface area contributed by atoms with Crippen LogP contribution in [0.15, 0.2) is 12.1 Å². The van der Waals surface area contributed by atoms with Gasteiger partial charge in [-0.2, -0.15) is 0 Å². The number of hydrogen-bond donors (Lipinski definition) is 1. The van der Waals surface area contributed by atoms with Crippen molar-refractivity contribution in [3.8, 4) is 5.75 Å². The molecular formula is C17H26ClNO. The van der Waals surface area contributed by atoms with Gasteiger partial charge in [-0.05, 0) is 54.7 Å². The number of benzene rings is 1. The molecule has 3 heteroatoms. The fourth-order valence-electron chi connectivity index (χ4n) is 2.30. The molecule has 2 rings (SSSR count). The second kappa shape index (κ2) is 6.82. The van der Waals surface area contributed by atoms with Gasteiger partial charge in [0.2, 0.25) is 0 Å². The molecule has 2 N–H and O–H groups in total. The fourth-order valence-corrected chi connectivity index (χ4v) is 2.61. The first-order valence-corrected chi connectivity index (χ1v) is 8.09. The lowest BCUT2D eigenvalue weighted by molar-refractivity contribution is 0.296. The van der Waals surface area contributed by atoms with Gasteiger partial charge in [0.25, 0.3) is 0 Å². The van der Waals surface area contributed by atoms with Crippen LogP contribution in [0.25, 0.3) is 0 Å². The van der Waals surface area contributed by atoms with E-state index in [1.807, 2.05) is 6.07 Å². The van der Waals surface area contributed by atoms with Crippen LogP contribution in [0, 0.1) is 5.92 Å². The molecule has 0 radical (unpaired) electrons. The van der Waals surface area contributed by atoms with Crippen molar-refractivity contribution in [1.29, 1.82) is 0 Å². The maximum atomic E-state index is 6.44. The Bertz CT molecular complexity index is 455. The van der Waals surface area contributed by atoms with Crippen molar-refractivity contribution < 1.29 is 4.74 Å². The zero-order chi connectivity index (χ0) is 14.7. The van der Waals surface area contributed by atoms with E-state index in [0.29, 0.717) is 5.92 Å². The van der Waals surface area contributed by atoms with Gasteiger partial charge in [-0.25, -0.2) is 0 Å². The molecule has 0 bridgehead atoms. The Labute approximate surface area is 127 Å². The standard InChI is InChI=1S/C17H26ClNO/c1-4-14(19)7-13-8-15(11(2)3)17(16(18)9-13)20-10-12-5-6-12/h8-9,11-12,14H,4-7,10,19H2,1-3H3. The lowest BCUT2D eigenvalue weighted by Gasteiger charge is -2.18. The van der Waals surface area contributed by atoms with E-state index in [2.05, 4.69) is 26.8 Å². The van der Waals surface area contributed by atoms with E-state index in [-0.39, 0.29) is 6.04 Å². The van der Waals surface area contributed by atoms with E-state index in [4.69, 9.17) is 22.1 Å². The van der Waals surface area contributed by atoms with E-state index in [0.717, 1.165) is 36.1 Å². The quantitative estimate of drug-likeness (QED) is 0.802. The third-order valence-electron chi connectivity index (χ3n) is 3.94. The van der Waals surface area contributed by atoms with Crippen LogP contribution >= 0.6 is 11.6 Å². The molecule has 1 aliphatic rings. The molecule has 0 saturated heterocycles. The minimum absolute atomic E-state index is 0.198. The second-order valence-electron chi connectivity index (χ2n) is 6.28. The Hall–Kier alpha value is -0.730. The molecule has 1 aromatic rings. The highest BCUT2D eigenvalue weighted by atomic mass is 35.5. The van der Waals surface area contributed by atoms with Gasteiger partial charge >= 0.3 is 0 Å². The molecule has 1 fully saturated rings. The largest absolute Gasteiger partial charge is 0.491 e. The predicted molar refractivity (Wildman–Crippen MR) is 85.7 cm³/mol. The first-order chi connectivity index (χ1) is 9.51. The summed E-state index contributed by atoms with van der Waals surface area (Å²) in [6.45, 7) is 7.27. The molecule has 0 aliphatic heterocycles. The number of halogens is 1. The minimum atomic E-state index is 0.198. The van der Waals surface area contributed by atoms with Crippen molar-refractivity contribution in [2.75, 3.05) is 6.61 Å². The van der Waals surface area contributed by atoms with Crippen molar-refractivity contribution >= 4 is 11.6 Å². The number of ether oxygens (including phenoxy) is 1. The van der Waals surface area contributed by atoms with Crippen molar-refractivity contribution in [3.05, 3.63) is 28.3 Å². The van der Waals surface area contributed by atoms with Crippen molar-refractivity contribution in [3.63, 3.8) is 0 Å². The Morgan fingerprint density at radius 1 is 1.35 bits per heavy atom. The lowest BCUT2D eigenvalue weighted by Crippen LogP contribution is -2.21. The molecule has 0 spiro atoms. The SMILES string of the molecule is CCC(N)Cc1cc(Cl)c(OCC2CC2)c(C(C)C)c1. The molecule has 0 aromatic heterocycles. The van der Waals surface area contributed by atoms with Crippen molar-refractivity contribution in [2.45, 2.75) is 58.4 Å². The molecule has 20 heavy (non-hydrogen) atoms. The maximum absolute atomic E-state index is 6.44. The average molecular weight is 296 g/mol. The van der Waals surface area contributed by atoms with E-state index in [1.54, 1.807) is 0 Å². The maximum Gasteiger partial charge on any atom is 0.141 e. The summed E-state index contributed by atoms with van der Waals surface area (Å²) in [5, 5.41) is 0.732. The predicted octanol–water partition coefficient (Wildman–Crippen LogP) is 4.53. The van der Waals surface area contributed by atoms with E-state index in [1.165, 1.54) is 24.0 Å². The third kappa shape index (κ3) is 4.13. The van der Waals surface area contributed by atoms with Crippen molar-refractivity contribution in [2.24, 2.45) is 11.7 Å². The van der Waals surface area contributed by atoms with E-state index < -0.39 is 0 Å². The molecule has 1 aliphatic carbocycles. The molecule has 1 unspecified atom stereocenters. The molecule has 0 heterocycles. The van der Waals surface area contributed by atoms with Crippen LogP contribution in [0.2, 0.25) is 5.02 Å². The Balaban J connectivity index is 2.20. The lowest BCUT2D eigenvalue weighted by atomic mass is 9.96. The van der Waals surface area contributed by atoms with Gasteiger partial charge in [-0.3, -0.25) is 0 Å². The highest BCUT2D eigenvalue weighted by Gasteiger charge is 2.23. The van der Waals surface area contributed by atoms with E-state index in [9.17, 15) is 0 Å². The van der Waals surface area contributed by atoms with Gasteiger partial charge in [0.1, 0.15) is 5.75 Å². The monoisotopic (exact) mass is 295 g/mol. The van der Waals surface area contributed by atoms with Crippen LogP contribution in [0.3, 0.4) is 0 Å². The van der Waals surface area contributed by atoms with Gasteiger partial charge in [0, 0.05) is 6.04 Å². The molecule has 1 aromatic carbocycles. The summed E-state index contributed by atoms with van der Waals surface area (Å²) < 4.78 is 5.98. The van der Waals surface area contributed by atoms with Crippen molar-refractivity contribution in [1.82, 2.24) is 0 Å². The van der Waals surface area contributed by atoms with Gasteiger partial charge < -0.3 is 10.5 Å². The number of nitrogens with two attached hydrogens (primary N) is 1. The smallest absolute Gasteiger partial charge is 0.141 e. The first-order valence-electron chi connectivity index (χ1n) is 7.72. The molecule has 0 amide bonds. The summed E-state index contributed by atoms with van der Waals surface area (Å²) in [5.74, 6) is 2.01. The summed E-state index contributed by atoms with van der Waals surface area (Å²) in [7, 11) is 0. The van der Waals surface area contributed by atoms with Gasteiger partial charge in [0.15, 0.2) is 0 Å². The van der Waals surface area contributed by atoms with Crippen LogP contribution < -0.4 is 10.5 Å². The molecule has 1 saturated carbocycles. The Kier molecular flexibility index (Phi) is 5.34. The second-order valence-corrected chi connectivity index (χ2v) is 6.68. The zero-order valence-electron chi connectivity index (χ0n) is 12.8. The average Bonchev–Trinajstić information content (AvgIpc) is 3.20. The molecule has 2 nitrogen and oxygen atoms in total. The summed E-state index contributed by atoms with van der Waals surface area (Å²) in [4.78, 5) is 0. The summed E-state index contributed by atoms with van der Waals surface area (Å²) in [6.07, 6.45) is 4.43.